The molecule has 2 amide bonds. The second-order valence-corrected chi connectivity index (χ2v) is 18.9. The van der Waals surface area contributed by atoms with Crippen molar-refractivity contribution in [3.05, 3.63) is 0 Å². The number of nitrogens with zero attached hydrogens (tertiary/aromatic N) is 5. The topological polar surface area (TPSA) is 188 Å². The van der Waals surface area contributed by atoms with Gasteiger partial charge in [-0.05, 0) is 102 Å². The lowest BCUT2D eigenvalue weighted by Gasteiger charge is -2.34. The molecule has 0 bridgehead atoms. The van der Waals surface area contributed by atoms with E-state index < -0.39 is 28.4 Å². The number of carboxylic acid groups (broad SMARTS) is 1. The Morgan fingerprint density at radius 1 is 0.517 bits per heavy atom. The largest absolute Gasteiger partial charge is 0.481 e. The van der Waals surface area contributed by atoms with Gasteiger partial charge in [0.1, 0.15) is 16.8 Å². The molecule has 0 atom stereocenters. The quantitative estimate of drug-likeness (QED) is 0.0888. The number of amides is 2. The summed E-state index contributed by atoms with van der Waals surface area (Å²) in [7, 11) is 0. The van der Waals surface area contributed by atoms with Crippen LogP contribution in [-0.2, 0) is 47.8 Å². The number of nitrogens with one attached hydrogen (secondary N) is 1. The fraction of sp³-hybridized carbons (Fsp3) is 0.854. The molecule has 0 aliphatic carbocycles. The first-order chi connectivity index (χ1) is 26.6. The minimum atomic E-state index is -0.959. The number of hydrogen-bond donors (Lipinski definition) is 2. The van der Waals surface area contributed by atoms with Gasteiger partial charge in [0.2, 0.25) is 11.8 Å². The molecule has 0 radical (unpaired) electrons. The van der Waals surface area contributed by atoms with Crippen LogP contribution >= 0.6 is 0 Å². The van der Waals surface area contributed by atoms with E-state index in [1.54, 1.807) is 0 Å². The molecule has 58 heavy (non-hydrogen) atoms. The Morgan fingerprint density at radius 3 is 1.21 bits per heavy atom. The SMILES string of the molecule is CC(C)(C)OC(=O)CN1CCN(CC(=O)NCCCCN(OC(C)(C)C)C(=O)CCCC(=O)O)CCN(CC(=O)OC(C)(C)C)CCN(CC(=O)OC(C)(C)C)CC1. The zero-order chi connectivity index (χ0) is 44.3. The smallest absolute Gasteiger partial charge is 0.320 e. The Labute approximate surface area is 347 Å². The lowest BCUT2D eigenvalue weighted by atomic mass is 10.2. The number of carbonyl (C=O) groups excluding carboxylic acids is 5. The average Bonchev–Trinajstić information content (AvgIpc) is 3.01. The molecule has 17 heteroatoms. The summed E-state index contributed by atoms with van der Waals surface area (Å²) in [4.78, 5) is 89.6. The highest BCUT2D eigenvalue weighted by Gasteiger charge is 2.27. The molecule has 0 aromatic rings. The van der Waals surface area contributed by atoms with Crippen LogP contribution in [0.15, 0.2) is 0 Å². The Bertz CT molecular complexity index is 1270. The molecule has 0 aromatic heterocycles. The van der Waals surface area contributed by atoms with Crippen LogP contribution in [0.1, 0.15) is 115 Å². The Balaban J connectivity index is 3.10. The van der Waals surface area contributed by atoms with Crippen LogP contribution in [0.25, 0.3) is 0 Å². The molecule has 1 heterocycles. The molecule has 1 aliphatic rings. The van der Waals surface area contributed by atoms with Crippen LogP contribution in [-0.4, -0.2) is 179 Å². The number of carboxylic acids is 1. The molecular weight excluding hydrogens is 752 g/mol. The Hall–Kier alpha value is -3.38. The number of aliphatic carboxylic acids is 1. The molecular formula is C41H76N6O11. The molecule has 17 nitrogen and oxygen atoms in total. The summed E-state index contributed by atoms with van der Waals surface area (Å²) in [6, 6.07) is 0. The molecule has 0 saturated carbocycles. The van der Waals surface area contributed by atoms with E-state index in [4.69, 9.17) is 24.2 Å². The van der Waals surface area contributed by atoms with Crippen LogP contribution in [0, 0.1) is 0 Å². The molecule has 336 valence electrons. The molecule has 0 unspecified atom stereocenters. The van der Waals surface area contributed by atoms with Gasteiger partial charge in [0.15, 0.2) is 0 Å². The normalized spacial score (nSPS) is 16.4. The maximum absolute atomic E-state index is 13.3. The lowest BCUT2D eigenvalue weighted by molar-refractivity contribution is -0.227. The fourth-order valence-electron chi connectivity index (χ4n) is 5.81. The van der Waals surface area contributed by atoms with Crippen molar-refractivity contribution in [3.63, 3.8) is 0 Å². The number of esters is 3. The Kier molecular flexibility index (Phi) is 22.4. The standard InChI is InChI=1S/C41H76N6O11/c1-38(2,3)55-35(52)29-44-22-20-43(28-32(48)42-18-13-14-19-47(58-41(10,11)12)33(49)16-15-17-34(50)51)21-23-45(30-36(53)56-39(4,5)6)25-27-46(26-24-44)31-37(54)57-40(7,8)9/h13-31H2,1-12H3,(H,42,48)(H,50,51). The number of hydrogen-bond acceptors (Lipinski definition) is 14. The monoisotopic (exact) mass is 829 g/mol. The fourth-order valence-corrected chi connectivity index (χ4v) is 5.81. The highest BCUT2D eigenvalue weighted by molar-refractivity contribution is 5.78. The summed E-state index contributed by atoms with van der Waals surface area (Å²) in [5.74, 6) is -2.56. The van der Waals surface area contributed by atoms with E-state index >= 15 is 0 Å². The second kappa shape index (κ2) is 24.6. The molecule has 0 spiro atoms. The van der Waals surface area contributed by atoms with Crippen molar-refractivity contribution < 1.29 is 52.9 Å². The van der Waals surface area contributed by atoms with Gasteiger partial charge in [0, 0.05) is 78.3 Å². The van der Waals surface area contributed by atoms with Crippen LogP contribution in [0.4, 0.5) is 0 Å². The lowest BCUT2D eigenvalue weighted by Crippen LogP contribution is -2.50. The van der Waals surface area contributed by atoms with Crippen molar-refractivity contribution in [2.75, 3.05) is 91.6 Å². The third-order valence-corrected chi connectivity index (χ3v) is 8.17. The summed E-state index contributed by atoms with van der Waals surface area (Å²) in [5, 5.41) is 13.2. The third kappa shape index (κ3) is 28.1. The summed E-state index contributed by atoms with van der Waals surface area (Å²) >= 11 is 0. The van der Waals surface area contributed by atoms with E-state index in [1.807, 2.05) is 103 Å². The molecule has 1 rings (SSSR count). The van der Waals surface area contributed by atoms with Crippen LogP contribution in [0.5, 0.6) is 0 Å². The van der Waals surface area contributed by atoms with Crippen molar-refractivity contribution in [1.82, 2.24) is 30.0 Å². The summed E-state index contributed by atoms with van der Waals surface area (Å²) < 4.78 is 16.9. The van der Waals surface area contributed by atoms with E-state index in [-0.39, 0.29) is 75.2 Å². The van der Waals surface area contributed by atoms with Gasteiger partial charge in [0.25, 0.3) is 0 Å². The van der Waals surface area contributed by atoms with Crippen molar-refractivity contribution in [1.29, 1.82) is 0 Å². The Morgan fingerprint density at radius 2 is 0.879 bits per heavy atom. The number of rotatable bonds is 18. The summed E-state index contributed by atoms with van der Waals surface area (Å²) in [5.41, 5.74) is -2.60. The van der Waals surface area contributed by atoms with Crippen molar-refractivity contribution in [3.8, 4) is 0 Å². The van der Waals surface area contributed by atoms with Gasteiger partial charge in [-0.1, -0.05) is 0 Å². The van der Waals surface area contributed by atoms with Crippen molar-refractivity contribution in [2.24, 2.45) is 0 Å². The van der Waals surface area contributed by atoms with Gasteiger partial charge in [-0.3, -0.25) is 53.2 Å². The van der Waals surface area contributed by atoms with E-state index in [1.165, 1.54) is 5.06 Å². The highest BCUT2D eigenvalue weighted by atomic mass is 16.7. The van der Waals surface area contributed by atoms with Crippen LogP contribution in [0.2, 0.25) is 0 Å². The summed E-state index contributed by atoms with van der Waals surface area (Å²) in [6.45, 7) is 26.1. The first kappa shape index (κ1) is 52.6. The van der Waals surface area contributed by atoms with Gasteiger partial charge < -0.3 is 24.6 Å². The van der Waals surface area contributed by atoms with Gasteiger partial charge in [-0.15, -0.1) is 0 Å². The molecule has 0 aromatic carbocycles. The minimum Gasteiger partial charge on any atom is -0.481 e. The molecule has 1 saturated heterocycles. The zero-order valence-corrected chi connectivity index (χ0v) is 37.7. The molecule has 1 aliphatic heterocycles. The van der Waals surface area contributed by atoms with E-state index in [0.717, 1.165) is 0 Å². The summed E-state index contributed by atoms with van der Waals surface area (Å²) in [6.07, 6.45) is 1.30. The maximum Gasteiger partial charge on any atom is 0.320 e. The average molecular weight is 829 g/mol. The van der Waals surface area contributed by atoms with Crippen LogP contribution in [0.3, 0.4) is 0 Å². The van der Waals surface area contributed by atoms with Gasteiger partial charge >= 0.3 is 23.9 Å². The van der Waals surface area contributed by atoms with Crippen molar-refractivity contribution in [2.45, 2.75) is 138 Å². The third-order valence-electron chi connectivity index (χ3n) is 8.17. The maximum atomic E-state index is 13.3. The predicted molar refractivity (Wildman–Crippen MR) is 220 cm³/mol. The van der Waals surface area contributed by atoms with Crippen LogP contribution < -0.4 is 5.32 Å². The van der Waals surface area contributed by atoms with Crippen molar-refractivity contribution >= 4 is 35.7 Å². The molecule has 1 fully saturated rings. The molecule has 2 N–H and O–H groups in total. The van der Waals surface area contributed by atoms with Gasteiger partial charge in [-0.25, -0.2) is 5.06 Å². The highest BCUT2D eigenvalue weighted by Crippen LogP contribution is 2.15. The van der Waals surface area contributed by atoms with E-state index in [9.17, 15) is 28.8 Å². The first-order valence-corrected chi connectivity index (χ1v) is 20.6. The number of ether oxygens (including phenoxy) is 3. The second-order valence-electron chi connectivity index (χ2n) is 18.9. The van der Waals surface area contributed by atoms with Gasteiger partial charge in [-0.2, -0.15) is 0 Å². The first-order valence-electron chi connectivity index (χ1n) is 20.6. The minimum absolute atomic E-state index is 0.0281. The van der Waals surface area contributed by atoms with Gasteiger partial charge in [0.05, 0.1) is 31.8 Å². The van der Waals surface area contributed by atoms with E-state index in [2.05, 4.69) is 5.32 Å². The number of unbranched alkanes of at least 4 members (excludes halogenated alkanes) is 1. The van der Waals surface area contributed by atoms with E-state index in [0.29, 0.717) is 78.3 Å². The number of hydroxylamine groups is 2. The number of carbonyl (C=O) groups is 6. The predicted octanol–water partition coefficient (Wildman–Crippen LogP) is 2.94. The zero-order valence-electron chi connectivity index (χ0n) is 37.7.